The lowest BCUT2D eigenvalue weighted by Crippen LogP contribution is -2.44. The van der Waals surface area contributed by atoms with Gasteiger partial charge in [0.25, 0.3) is 0 Å². The number of hydrogen-bond acceptors (Lipinski definition) is 3. The van der Waals surface area contributed by atoms with E-state index in [1.54, 1.807) is 0 Å². The van der Waals surface area contributed by atoms with Crippen molar-refractivity contribution in [3.63, 3.8) is 0 Å². The minimum absolute atomic E-state index is 0.308. The van der Waals surface area contributed by atoms with Gasteiger partial charge in [0.15, 0.2) is 0 Å². The zero-order valence-electron chi connectivity index (χ0n) is 10.7. The van der Waals surface area contributed by atoms with Crippen LogP contribution >= 0.6 is 0 Å². The van der Waals surface area contributed by atoms with Crippen molar-refractivity contribution in [3.05, 3.63) is 0 Å². The summed E-state index contributed by atoms with van der Waals surface area (Å²) in [5.74, 6) is 0. The fourth-order valence-electron chi connectivity index (χ4n) is 1.72. The van der Waals surface area contributed by atoms with E-state index in [9.17, 15) is 0 Å². The van der Waals surface area contributed by atoms with Crippen LogP contribution in [-0.2, 0) is 4.74 Å². The zero-order valence-corrected chi connectivity index (χ0v) is 10.7. The van der Waals surface area contributed by atoms with Crippen LogP contribution in [0.1, 0.15) is 33.6 Å². The van der Waals surface area contributed by atoms with Gasteiger partial charge in [-0.2, -0.15) is 0 Å². The number of morpholine rings is 1. The van der Waals surface area contributed by atoms with E-state index in [4.69, 9.17) is 4.74 Å². The highest BCUT2D eigenvalue weighted by Gasteiger charge is 2.22. The van der Waals surface area contributed by atoms with Crippen LogP contribution in [0.15, 0.2) is 0 Å². The summed E-state index contributed by atoms with van der Waals surface area (Å²) in [5, 5.41) is 3.37. The maximum atomic E-state index is 5.69. The second-order valence-electron chi connectivity index (χ2n) is 5.07. The summed E-state index contributed by atoms with van der Waals surface area (Å²) in [6, 6.07) is 0. The third-order valence-corrected chi connectivity index (χ3v) is 3.69. The number of hydrogen-bond donors (Lipinski definition) is 1. The van der Waals surface area contributed by atoms with Crippen molar-refractivity contribution in [2.24, 2.45) is 0 Å². The molecule has 15 heavy (non-hydrogen) atoms. The molecule has 90 valence electrons. The molecular formula is C12H26N2O. The summed E-state index contributed by atoms with van der Waals surface area (Å²) in [6.45, 7) is 10.8. The standard InChI is InChI=1S/C12H26N2O/c1-5-12(2,3)14(4)8-6-11-10-13-7-9-15-11/h11,13H,5-10H2,1-4H3. The van der Waals surface area contributed by atoms with Crippen LogP contribution in [0.3, 0.4) is 0 Å². The van der Waals surface area contributed by atoms with Gasteiger partial charge >= 0.3 is 0 Å². The quantitative estimate of drug-likeness (QED) is 0.750. The molecule has 3 heteroatoms. The Morgan fingerprint density at radius 1 is 1.47 bits per heavy atom. The second-order valence-corrected chi connectivity index (χ2v) is 5.07. The second kappa shape index (κ2) is 5.83. The minimum Gasteiger partial charge on any atom is -0.376 e. The van der Waals surface area contributed by atoms with Crippen molar-refractivity contribution in [2.45, 2.75) is 45.3 Å². The molecule has 1 fully saturated rings. The molecule has 0 radical (unpaired) electrons. The van der Waals surface area contributed by atoms with Crippen LogP contribution in [0.5, 0.6) is 0 Å². The molecule has 1 N–H and O–H groups in total. The molecule has 1 unspecified atom stereocenters. The van der Waals surface area contributed by atoms with Crippen LogP contribution in [-0.4, -0.2) is 49.8 Å². The number of nitrogens with zero attached hydrogens (tertiary/aromatic N) is 1. The van der Waals surface area contributed by atoms with E-state index in [-0.39, 0.29) is 0 Å². The number of nitrogens with one attached hydrogen (secondary N) is 1. The van der Waals surface area contributed by atoms with Gasteiger partial charge < -0.3 is 15.0 Å². The maximum absolute atomic E-state index is 5.69. The van der Waals surface area contributed by atoms with Crippen molar-refractivity contribution in [1.29, 1.82) is 0 Å². The molecule has 0 amide bonds. The molecule has 1 aliphatic heterocycles. The Labute approximate surface area is 94.2 Å². The predicted octanol–water partition coefficient (Wildman–Crippen LogP) is 1.49. The molecule has 1 saturated heterocycles. The van der Waals surface area contributed by atoms with Crippen LogP contribution in [0.2, 0.25) is 0 Å². The van der Waals surface area contributed by atoms with Crippen molar-refractivity contribution in [2.75, 3.05) is 33.3 Å². The Morgan fingerprint density at radius 3 is 2.73 bits per heavy atom. The summed E-state index contributed by atoms with van der Waals surface area (Å²) in [4.78, 5) is 2.44. The lowest BCUT2D eigenvalue weighted by atomic mass is 9.99. The molecule has 0 aromatic rings. The molecule has 0 aromatic heterocycles. The van der Waals surface area contributed by atoms with Gasteiger partial charge in [-0.25, -0.2) is 0 Å². The molecule has 3 nitrogen and oxygen atoms in total. The zero-order chi connectivity index (χ0) is 11.3. The molecule has 0 saturated carbocycles. The molecule has 0 aromatic carbocycles. The lowest BCUT2D eigenvalue weighted by molar-refractivity contribution is 0.0121. The predicted molar refractivity (Wildman–Crippen MR) is 64.2 cm³/mol. The lowest BCUT2D eigenvalue weighted by Gasteiger charge is -2.36. The van der Waals surface area contributed by atoms with E-state index in [0.717, 1.165) is 32.7 Å². The van der Waals surface area contributed by atoms with Gasteiger partial charge in [0.05, 0.1) is 12.7 Å². The molecular weight excluding hydrogens is 188 g/mol. The Kier molecular flexibility index (Phi) is 5.03. The van der Waals surface area contributed by atoms with Crippen LogP contribution in [0, 0.1) is 0 Å². The summed E-state index contributed by atoms with van der Waals surface area (Å²) in [6.07, 6.45) is 2.73. The summed E-state index contributed by atoms with van der Waals surface area (Å²) in [5.41, 5.74) is 0.308. The Hall–Kier alpha value is -0.120. The molecule has 0 spiro atoms. The highest BCUT2D eigenvalue weighted by molar-refractivity contribution is 4.78. The first-order valence-electron chi connectivity index (χ1n) is 6.10. The molecule has 1 rings (SSSR count). The SMILES string of the molecule is CCC(C)(C)N(C)CCC1CNCCO1. The van der Waals surface area contributed by atoms with E-state index >= 15 is 0 Å². The van der Waals surface area contributed by atoms with Crippen LogP contribution in [0.25, 0.3) is 0 Å². The molecule has 1 heterocycles. The van der Waals surface area contributed by atoms with Gasteiger partial charge in [0.2, 0.25) is 0 Å². The van der Waals surface area contributed by atoms with Gasteiger partial charge in [-0.1, -0.05) is 6.92 Å². The normalized spacial score (nSPS) is 23.4. The van der Waals surface area contributed by atoms with Crippen molar-refractivity contribution in [3.8, 4) is 0 Å². The van der Waals surface area contributed by atoms with Gasteiger partial charge in [0.1, 0.15) is 0 Å². The number of rotatable bonds is 5. The Bertz CT molecular complexity index is 176. The highest BCUT2D eigenvalue weighted by atomic mass is 16.5. The topological polar surface area (TPSA) is 24.5 Å². The Balaban J connectivity index is 2.23. The van der Waals surface area contributed by atoms with E-state index in [2.05, 4.69) is 38.0 Å². The third kappa shape index (κ3) is 4.09. The van der Waals surface area contributed by atoms with Crippen LogP contribution in [0.4, 0.5) is 0 Å². The van der Waals surface area contributed by atoms with Crippen molar-refractivity contribution < 1.29 is 4.74 Å². The molecule has 0 aliphatic carbocycles. The van der Waals surface area contributed by atoms with Gasteiger partial charge in [-0.05, 0) is 33.7 Å². The maximum Gasteiger partial charge on any atom is 0.0712 e. The fraction of sp³-hybridized carbons (Fsp3) is 1.00. The third-order valence-electron chi connectivity index (χ3n) is 3.69. The van der Waals surface area contributed by atoms with E-state index < -0.39 is 0 Å². The first kappa shape index (κ1) is 12.9. The van der Waals surface area contributed by atoms with Gasteiger partial charge in [0, 0.05) is 25.2 Å². The summed E-state index contributed by atoms with van der Waals surface area (Å²) < 4.78 is 5.69. The van der Waals surface area contributed by atoms with Gasteiger partial charge in [-0.3, -0.25) is 0 Å². The minimum atomic E-state index is 0.308. The summed E-state index contributed by atoms with van der Waals surface area (Å²) in [7, 11) is 2.21. The first-order chi connectivity index (χ1) is 7.06. The highest BCUT2D eigenvalue weighted by Crippen LogP contribution is 2.17. The van der Waals surface area contributed by atoms with Gasteiger partial charge in [-0.15, -0.1) is 0 Å². The smallest absolute Gasteiger partial charge is 0.0712 e. The number of ether oxygens (including phenoxy) is 1. The van der Waals surface area contributed by atoms with Crippen LogP contribution < -0.4 is 5.32 Å². The first-order valence-corrected chi connectivity index (χ1v) is 6.10. The van der Waals surface area contributed by atoms with E-state index in [1.165, 1.54) is 6.42 Å². The average Bonchev–Trinajstić information content (AvgIpc) is 2.27. The largest absolute Gasteiger partial charge is 0.376 e. The fourth-order valence-corrected chi connectivity index (χ4v) is 1.72. The average molecular weight is 214 g/mol. The monoisotopic (exact) mass is 214 g/mol. The molecule has 0 bridgehead atoms. The van der Waals surface area contributed by atoms with E-state index in [1.807, 2.05) is 0 Å². The Morgan fingerprint density at radius 2 is 2.20 bits per heavy atom. The van der Waals surface area contributed by atoms with Crippen molar-refractivity contribution >= 4 is 0 Å². The van der Waals surface area contributed by atoms with Crippen molar-refractivity contribution in [1.82, 2.24) is 10.2 Å². The molecule has 1 aliphatic rings. The van der Waals surface area contributed by atoms with E-state index in [0.29, 0.717) is 11.6 Å². The summed E-state index contributed by atoms with van der Waals surface area (Å²) >= 11 is 0. The molecule has 1 atom stereocenters.